The first-order chi connectivity index (χ1) is 11.9. The monoisotopic (exact) mass is 315 g/mol. The fourth-order valence-corrected chi connectivity index (χ4v) is 3.54. The number of aryl methyl sites for hydroxylation is 1. The van der Waals surface area contributed by atoms with Crippen LogP contribution in [0.25, 0.3) is 28.2 Å². The molecule has 0 saturated carbocycles. The zero-order chi connectivity index (χ0) is 15.9. The Morgan fingerprint density at radius 1 is 0.958 bits per heavy atom. The molecule has 4 aromatic rings. The molecule has 1 aliphatic carbocycles. The number of nitrogens with zero attached hydrogens (tertiary/aromatic N) is 3. The first-order valence-electron chi connectivity index (χ1n) is 8.40. The molecule has 0 aliphatic heterocycles. The molecule has 118 valence electrons. The summed E-state index contributed by atoms with van der Waals surface area (Å²) in [5.41, 5.74) is 6.64. The molecule has 0 fully saturated rings. The van der Waals surface area contributed by atoms with Crippen molar-refractivity contribution in [2.75, 3.05) is 0 Å². The number of hydrogen-bond acceptors (Lipinski definition) is 3. The van der Waals surface area contributed by atoms with Gasteiger partial charge in [0.1, 0.15) is 5.52 Å². The molecule has 4 heteroatoms. The molecule has 0 unspecified atom stereocenters. The van der Waals surface area contributed by atoms with Crippen LogP contribution in [0.5, 0.6) is 0 Å². The molecular weight excluding hydrogens is 298 g/mol. The van der Waals surface area contributed by atoms with E-state index in [1.54, 1.807) is 0 Å². The topological polar surface area (TPSA) is 43.9 Å². The summed E-state index contributed by atoms with van der Waals surface area (Å²) in [6, 6.07) is 14.3. The normalized spacial score (nSPS) is 14.0. The summed E-state index contributed by atoms with van der Waals surface area (Å²) in [5.74, 6) is 0.618. The molecule has 1 aliphatic rings. The van der Waals surface area contributed by atoms with Crippen molar-refractivity contribution in [3.05, 3.63) is 66.0 Å². The maximum atomic E-state index is 5.85. The van der Waals surface area contributed by atoms with Gasteiger partial charge < -0.3 is 4.42 Å². The minimum absolute atomic E-state index is 0.618. The number of para-hydroxylation sites is 2. The number of oxazole rings is 1. The lowest BCUT2D eigenvalue weighted by Crippen LogP contribution is -2.08. The van der Waals surface area contributed by atoms with E-state index in [0.717, 1.165) is 23.1 Å². The van der Waals surface area contributed by atoms with Gasteiger partial charge in [0.15, 0.2) is 5.58 Å². The van der Waals surface area contributed by atoms with Crippen LogP contribution in [0.1, 0.15) is 24.0 Å². The highest BCUT2D eigenvalue weighted by Crippen LogP contribution is 2.29. The minimum Gasteiger partial charge on any atom is -0.436 e. The molecule has 0 spiro atoms. The van der Waals surface area contributed by atoms with E-state index in [4.69, 9.17) is 4.42 Å². The highest BCUT2D eigenvalue weighted by Gasteiger charge is 2.16. The molecule has 0 atom stereocenters. The van der Waals surface area contributed by atoms with Gasteiger partial charge >= 0.3 is 0 Å². The molecule has 24 heavy (non-hydrogen) atoms. The highest BCUT2D eigenvalue weighted by atomic mass is 16.3. The van der Waals surface area contributed by atoms with Crippen LogP contribution in [-0.4, -0.2) is 14.8 Å². The number of hydrogen-bond donors (Lipinski definition) is 0. The molecule has 2 heterocycles. The van der Waals surface area contributed by atoms with Gasteiger partial charge in [0.05, 0.1) is 17.4 Å². The summed E-state index contributed by atoms with van der Waals surface area (Å²) in [6.07, 6.45) is 8.67. The zero-order valence-corrected chi connectivity index (χ0v) is 13.3. The van der Waals surface area contributed by atoms with Gasteiger partial charge in [0.2, 0.25) is 5.89 Å². The number of fused-ring (bicyclic) bond motifs is 2. The van der Waals surface area contributed by atoms with Gasteiger partial charge in [-0.1, -0.05) is 24.3 Å². The summed E-state index contributed by atoms with van der Waals surface area (Å²) in [7, 11) is 0. The van der Waals surface area contributed by atoms with Crippen molar-refractivity contribution in [1.29, 1.82) is 0 Å². The quantitative estimate of drug-likeness (QED) is 0.544. The Morgan fingerprint density at radius 3 is 2.83 bits per heavy atom. The summed E-state index contributed by atoms with van der Waals surface area (Å²) in [5, 5.41) is 4.56. The van der Waals surface area contributed by atoms with Crippen LogP contribution in [0.2, 0.25) is 0 Å². The second-order valence-corrected chi connectivity index (χ2v) is 6.28. The third-order valence-electron chi connectivity index (χ3n) is 4.74. The van der Waals surface area contributed by atoms with Crippen molar-refractivity contribution in [2.24, 2.45) is 0 Å². The maximum absolute atomic E-state index is 5.85. The van der Waals surface area contributed by atoms with E-state index in [-0.39, 0.29) is 0 Å². The SMILES string of the molecule is c1cc2c(c(-n3cc(-c4nc5ccccc5o4)cn3)c1)CCCC2. The molecule has 0 N–H and O–H groups in total. The molecule has 0 amide bonds. The number of aromatic nitrogens is 3. The minimum atomic E-state index is 0.618. The van der Waals surface area contributed by atoms with Gasteiger partial charge in [0.25, 0.3) is 0 Å². The summed E-state index contributed by atoms with van der Waals surface area (Å²) >= 11 is 0. The highest BCUT2D eigenvalue weighted by molar-refractivity contribution is 5.75. The largest absolute Gasteiger partial charge is 0.436 e. The van der Waals surface area contributed by atoms with Crippen LogP contribution in [-0.2, 0) is 12.8 Å². The second kappa shape index (κ2) is 5.34. The molecule has 0 bridgehead atoms. The smallest absolute Gasteiger partial charge is 0.230 e. The first kappa shape index (κ1) is 13.5. The Hall–Kier alpha value is -2.88. The summed E-state index contributed by atoms with van der Waals surface area (Å²) in [6.45, 7) is 0. The van der Waals surface area contributed by atoms with Crippen LogP contribution in [0.4, 0.5) is 0 Å². The third-order valence-corrected chi connectivity index (χ3v) is 4.74. The van der Waals surface area contributed by atoms with Gasteiger partial charge in [-0.2, -0.15) is 5.10 Å². The van der Waals surface area contributed by atoms with E-state index in [2.05, 4.69) is 28.3 Å². The first-order valence-corrected chi connectivity index (χ1v) is 8.40. The predicted octanol–water partition coefficient (Wildman–Crippen LogP) is 4.56. The van der Waals surface area contributed by atoms with Crippen molar-refractivity contribution in [1.82, 2.24) is 14.8 Å². The van der Waals surface area contributed by atoms with E-state index < -0.39 is 0 Å². The molecule has 5 rings (SSSR count). The molecule has 0 saturated heterocycles. The fraction of sp³-hybridized carbons (Fsp3) is 0.200. The maximum Gasteiger partial charge on any atom is 0.230 e. The van der Waals surface area contributed by atoms with E-state index in [0.29, 0.717) is 5.89 Å². The van der Waals surface area contributed by atoms with Crippen LogP contribution in [0.3, 0.4) is 0 Å². The fourth-order valence-electron chi connectivity index (χ4n) is 3.54. The molecule has 4 nitrogen and oxygen atoms in total. The van der Waals surface area contributed by atoms with Crippen molar-refractivity contribution in [2.45, 2.75) is 25.7 Å². The van der Waals surface area contributed by atoms with Crippen LogP contribution >= 0.6 is 0 Å². The lowest BCUT2D eigenvalue weighted by molar-refractivity contribution is 0.620. The van der Waals surface area contributed by atoms with E-state index in [9.17, 15) is 0 Å². The Morgan fingerprint density at radius 2 is 1.88 bits per heavy atom. The molecule has 2 aromatic carbocycles. The second-order valence-electron chi connectivity index (χ2n) is 6.28. The van der Waals surface area contributed by atoms with Gasteiger partial charge in [-0.25, -0.2) is 9.67 Å². The van der Waals surface area contributed by atoms with Crippen molar-refractivity contribution >= 4 is 11.1 Å². The van der Waals surface area contributed by atoms with E-state index in [1.807, 2.05) is 41.3 Å². The lowest BCUT2D eigenvalue weighted by Gasteiger charge is -2.18. The van der Waals surface area contributed by atoms with E-state index in [1.165, 1.54) is 36.1 Å². The van der Waals surface area contributed by atoms with E-state index >= 15 is 0 Å². The Kier molecular flexibility index (Phi) is 3.01. The van der Waals surface area contributed by atoms with Gasteiger partial charge in [-0.15, -0.1) is 0 Å². The lowest BCUT2D eigenvalue weighted by atomic mass is 9.90. The average Bonchev–Trinajstić information content (AvgIpc) is 3.28. The third kappa shape index (κ3) is 2.14. The van der Waals surface area contributed by atoms with Gasteiger partial charge in [-0.05, 0) is 55.0 Å². The van der Waals surface area contributed by atoms with Crippen molar-refractivity contribution in [3.8, 4) is 17.1 Å². The van der Waals surface area contributed by atoms with Crippen LogP contribution < -0.4 is 0 Å². The molecular formula is C20H17N3O. The Labute approximate surface area is 139 Å². The van der Waals surface area contributed by atoms with Crippen molar-refractivity contribution in [3.63, 3.8) is 0 Å². The zero-order valence-electron chi connectivity index (χ0n) is 13.3. The van der Waals surface area contributed by atoms with Crippen LogP contribution in [0, 0.1) is 0 Å². The molecule has 0 radical (unpaired) electrons. The number of rotatable bonds is 2. The Bertz CT molecular complexity index is 995. The van der Waals surface area contributed by atoms with Crippen LogP contribution in [0.15, 0.2) is 59.3 Å². The summed E-state index contributed by atoms with van der Waals surface area (Å²) in [4.78, 5) is 4.56. The summed E-state index contributed by atoms with van der Waals surface area (Å²) < 4.78 is 7.80. The predicted molar refractivity (Wildman–Crippen MR) is 93.2 cm³/mol. The standard InChI is InChI=1S/C20H17N3O/c1-2-8-16-14(6-1)7-5-10-18(16)23-13-15(12-21-23)20-22-17-9-3-4-11-19(17)24-20/h3-5,7,9-13H,1-2,6,8H2. The van der Waals surface area contributed by atoms with Gasteiger partial charge in [-0.3, -0.25) is 0 Å². The average molecular weight is 315 g/mol. The molecule has 2 aromatic heterocycles. The number of benzene rings is 2. The van der Waals surface area contributed by atoms with Crippen molar-refractivity contribution < 1.29 is 4.42 Å². The van der Waals surface area contributed by atoms with Gasteiger partial charge in [0, 0.05) is 6.20 Å². The Balaban J connectivity index is 1.58.